The zero-order chi connectivity index (χ0) is 16.1. The molecule has 116 valence electrons. The van der Waals surface area contributed by atoms with Crippen LogP contribution in [0.2, 0.25) is 5.02 Å². The van der Waals surface area contributed by atoms with Crippen LogP contribution < -0.4 is 10.6 Å². The van der Waals surface area contributed by atoms with E-state index in [4.69, 9.17) is 11.6 Å². The first-order chi connectivity index (χ1) is 10.5. The number of hydrogen-bond acceptors (Lipinski definition) is 2. The lowest BCUT2D eigenvalue weighted by atomic mass is 10.2. The maximum atomic E-state index is 13.4. The molecule has 0 heterocycles. The Balaban J connectivity index is 1.88. The van der Waals surface area contributed by atoms with Crippen LogP contribution in [0, 0.1) is 17.5 Å². The summed E-state index contributed by atoms with van der Waals surface area (Å²) in [5.41, 5.74) is 0.262. The van der Waals surface area contributed by atoms with Crippen molar-refractivity contribution in [3.63, 3.8) is 0 Å². The van der Waals surface area contributed by atoms with Crippen LogP contribution in [-0.4, -0.2) is 12.5 Å². The Bertz CT molecular complexity index is 694. The fourth-order valence-electron chi connectivity index (χ4n) is 1.75. The van der Waals surface area contributed by atoms with Gasteiger partial charge >= 0.3 is 0 Å². The van der Waals surface area contributed by atoms with Crippen LogP contribution in [0.25, 0.3) is 0 Å². The molecule has 0 unspecified atom stereocenters. The van der Waals surface area contributed by atoms with E-state index < -0.39 is 17.5 Å². The lowest BCUT2D eigenvalue weighted by Gasteiger charge is -2.09. The van der Waals surface area contributed by atoms with Gasteiger partial charge in [-0.1, -0.05) is 23.7 Å². The van der Waals surface area contributed by atoms with E-state index in [-0.39, 0.29) is 24.6 Å². The minimum absolute atomic E-state index is 0.00363. The highest BCUT2D eigenvalue weighted by molar-refractivity contribution is 6.33. The van der Waals surface area contributed by atoms with Crippen LogP contribution in [0.1, 0.15) is 6.42 Å². The van der Waals surface area contributed by atoms with E-state index in [0.717, 1.165) is 12.1 Å². The number of anilines is 2. The van der Waals surface area contributed by atoms with Crippen molar-refractivity contribution in [1.29, 1.82) is 0 Å². The summed E-state index contributed by atoms with van der Waals surface area (Å²) < 4.78 is 39.2. The SMILES string of the molecule is O=C(CCNc1ccc(F)c(F)c1F)Nc1ccccc1Cl. The summed E-state index contributed by atoms with van der Waals surface area (Å²) in [6.07, 6.45) is 0.00363. The Morgan fingerprint density at radius 1 is 1.00 bits per heavy atom. The Labute approximate surface area is 130 Å². The summed E-state index contributed by atoms with van der Waals surface area (Å²) in [6.45, 7) is 0.0538. The van der Waals surface area contributed by atoms with Gasteiger partial charge in [0, 0.05) is 13.0 Å². The molecule has 0 bridgehead atoms. The first-order valence-corrected chi connectivity index (χ1v) is 6.78. The highest BCUT2D eigenvalue weighted by Crippen LogP contribution is 2.21. The van der Waals surface area contributed by atoms with Crippen molar-refractivity contribution in [3.05, 3.63) is 58.9 Å². The molecule has 2 aromatic carbocycles. The third-order valence-corrected chi connectivity index (χ3v) is 3.18. The largest absolute Gasteiger partial charge is 0.382 e. The zero-order valence-electron chi connectivity index (χ0n) is 11.3. The number of para-hydroxylation sites is 1. The van der Waals surface area contributed by atoms with Gasteiger partial charge in [-0.25, -0.2) is 13.2 Å². The van der Waals surface area contributed by atoms with E-state index in [1.165, 1.54) is 0 Å². The van der Waals surface area contributed by atoms with Crippen LogP contribution in [0.3, 0.4) is 0 Å². The van der Waals surface area contributed by atoms with E-state index in [0.29, 0.717) is 10.7 Å². The molecule has 0 radical (unpaired) electrons. The summed E-state index contributed by atoms with van der Waals surface area (Å²) in [5.74, 6) is -4.47. The van der Waals surface area contributed by atoms with Crippen LogP contribution in [0.5, 0.6) is 0 Å². The molecule has 0 aliphatic rings. The van der Waals surface area contributed by atoms with E-state index in [9.17, 15) is 18.0 Å². The average molecular weight is 329 g/mol. The molecule has 1 amide bonds. The molecular formula is C15H12ClF3N2O. The first-order valence-electron chi connectivity index (χ1n) is 6.41. The number of rotatable bonds is 5. The van der Waals surface area contributed by atoms with Gasteiger partial charge in [0.1, 0.15) is 0 Å². The molecule has 0 spiro atoms. The van der Waals surface area contributed by atoms with Crippen LogP contribution in [-0.2, 0) is 4.79 Å². The molecular weight excluding hydrogens is 317 g/mol. The maximum absolute atomic E-state index is 13.4. The quantitative estimate of drug-likeness (QED) is 0.808. The molecule has 0 atom stereocenters. The van der Waals surface area contributed by atoms with Gasteiger partial charge in [0.05, 0.1) is 16.4 Å². The molecule has 0 aromatic heterocycles. The summed E-state index contributed by atoms with van der Waals surface area (Å²) in [7, 11) is 0. The van der Waals surface area contributed by atoms with Gasteiger partial charge in [-0.05, 0) is 24.3 Å². The van der Waals surface area contributed by atoms with E-state index in [1.54, 1.807) is 24.3 Å². The summed E-state index contributed by atoms with van der Waals surface area (Å²) in [6, 6.07) is 8.60. The van der Waals surface area contributed by atoms with Gasteiger partial charge in [0.25, 0.3) is 0 Å². The molecule has 0 saturated heterocycles. The second kappa shape index (κ2) is 7.17. The van der Waals surface area contributed by atoms with E-state index in [2.05, 4.69) is 10.6 Å². The molecule has 7 heteroatoms. The second-order valence-corrected chi connectivity index (χ2v) is 4.83. The van der Waals surface area contributed by atoms with Crippen LogP contribution in [0.4, 0.5) is 24.5 Å². The third kappa shape index (κ3) is 3.92. The minimum Gasteiger partial charge on any atom is -0.382 e. The number of carbonyl (C=O) groups is 1. The van der Waals surface area contributed by atoms with Gasteiger partial charge in [0.15, 0.2) is 17.5 Å². The van der Waals surface area contributed by atoms with Crippen molar-refractivity contribution in [2.24, 2.45) is 0 Å². The molecule has 0 aliphatic carbocycles. The summed E-state index contributed by atoms with van der Waals surface area (Å²) in [4.78, 5) is 11.7. The van der Waals surface area contributed by atoms with Crippen molar-refractivity contribution in [2.45, 2.75) is 6.42 Å². The lowest BCUT2D eigenvalue weighted by Crippen LogP contribution is -2.17. The lowest BCUT2D eigenvalue weighted by molar-refractivity contribution is -0.115. The van der Waals surface area contributed by atoms with Gasteiger partial charge in [0.2, 0.25) is 5.91 Å². The fraction of sp³-hybridized carbons (Fsp3) is 0.133. The van der Waals surface area contributed by atoms with Crippen molar-refractivity contribution < 1.29 is 18.0 Å². The molecule has 2 aromatic rings. The van der Waals surface area contributed by atoms with E-state index in [1.807, 2.05) is 0 Å². The smallest absolute Gasteiger partial charge is 0.226 e. The third-order valence-electron chi connectivity index (χ3n) is 2.85. The summed E-state index contributed by atoms with van der Waals surface area (Å²) in [5, 5.41) is 5.53. The van der Waals surface area contributed by atoms with E-state index >= 15 is 0 Å². The Morgan fingerprint density at radius 2 is 1.73 bits per heavy atom. The highest BCUT2D eigenvalue weighted by atomic mass is 35.5. The summed E-state index contributed by atoms with van der Waals surface area (Å²) >= 11 is 5.89. The van der Waals surface area contributed by atoms with Crippen LogP contribution in [0.15, 0.2) is 36.4 Å². The van der Waals surface area contributed by atoms with Gasteiger partial charge in [-0.3, -0.25) is 4.79 Å². The van der Waals surface area contributed by atoms with Crippen molar-refractivity contribution >= 4 is 28.9 Å². The standard InChI is InChI=1S/C15H12ClF3N2O/c16-9-3-1-2-4-11(9)21-13(22)7-8-20-12-6-5-10(17)14(18)15(12)19/h1-6,20H,7-8H2,(H,21,22). The van der Waals surface area contributed by atoms with Crippen molar-refractivity contribution in [2.75, 3.05) is 17.2 Å². The number of carbonyl (C=O) groups excluding carboxylic acids is 1. The zero-order valence-corrected chi connectivity index (χ0v) is 12.1. The predicted molar refractivity (Wildman–Crippen MR) is 79.5 cm³/mol. The molecule has 22 heavy (non-hydrogen) atoms. The van der Waals surface area contributed by atoms with Crippen molar-refractivity contribution in [1.82, 2.24) is 0 Å². The van der Waals surface area contributed by atoms with Crippen molar-refractivity contribution in [3.8, 4) is 0 Å². The monoisotopic (exact) mass is 328 g/mol. The first kappa shape index (κ1) is 16.2. The number of amides is 1. The Kier molecular flexibility index (Phi) is 5.27. The second-order valence-electron chi connectivity index (χ2n) is 4.43. The molecule has 0 saturated carbocycles. The number of hydrogen-bond donors (Lipinski definition) is 2. The molecule has 0 aliphatic heterocycles. The number of halogens is 4. The van der Waals surface area contributed by atoms with Gasteiger partial charge < -0.3 is 10.6 Å². The molecule has 3 nitrogen and oxygen atoms in total. The minimum atomic E-state index is -1.55. The molecule has 0 fully saturated rings. The fourth-order valence-corrected chi connectivity index (χ4v) is 1.93. The molecule has 2 rings (SSSR count). The number of benzene rings is 2. The van der Waals surface area contributed by atoms with Gasteiger partial charge in [-0.15, -0.1) is 0 Å². The van der Waals surface area contributed by atoms with Gasteiger partial charge in [-0.2, -0.15) is 0 Å². The molecule has 2 N–H and O–H groups in total. The maximum Gasteiger partial charge on any atom is 0.226 e. The normalized spacial score (nSPS) is 10.4. The average Bonchev–Trinajstić information content (AvgIpc) is 2.50. The topological polar surface area (TPSA) is 41.1 Å². The highest BCUT2D eigenvalue weighted by Gasteiger charge is 2.13. The Morgan fingerprint density at radius 3 is 2.45 bits per heavy atom. The predicted octanol–water partition coefficient (Wildman–Crippen LogP) is 4.20. The Hall–Kier alpha value is -2.21. The number of nitrogens with one attached hydrogen (secondary N) is 2. The van der Waals surface area contributed by atoms with Crippen LogP contribution >= 0.6 is 11.6 Å².